The van der Waals surface area contributed by atoms with Crippen LogP contribution in [0, 0.1) is 0 Å². The summed E-state index contributed by atoms with van der Waals surface area (Å²) in [5.41, 5.74) is -0.416. The van der Waals surface area contributed by atoms with E-state index in [1.54, 1.807) is 48.5 Å². The second kappa shape index (κ2) is 9.32. The molecule has 0 spiro atoms. The van der Waals surface area contributed by atoms with Crippen LogP contribution in [0.3, 0.4) is 0 Å². The van der Waals surface area contributed by atoms with E-state index in [2.05, 4.69) is 25.2 Å². The number of benzene rings is 2. The number of imidazole rings is 1. The van der Waals surface area contributed by atoms with E-state index in [1.165, 1.54) is 11.6 Å². The summed E-state index contributed by atoms with van der Waals surface area (Å²) in [4.78, 5) is 34.1. The van der Waals surface area contributed by atoms with Gasteiger partial charge in [-0.25, -0.2) is 4.79 Å². The summed E-state index contributed by atoms with van der Waals surface area (Å²) in [5.74, 6) is 0.264. The Kier molecular flexibility index (Phi) is 6.04. The number of aliphatic hydroxyl groups is 1. The lowest BCUT2D eigenvalue weighted by atomic mass is 10.2. The number of ether oxygens (including phenoxy) is 1. The Morgan fingerprint density at radius 2 is 1.86 bits per heavy atom. The molecule has 0 saturated heterocycles. The number of nitrogens with one attached hydrogen (secondary N) is 2. The van der Waals surface area contributed by atoms with Crippen molar-refractivity contribution in [3.05, 3.63) is 74.4 Å². The lowest BCUT2D eigenvalue weighted by Gasteiger charge is -2.14. The zero-order chi connectivity index (χ0) is 25.4. The fourth-order valence-electron chi connectivity index (χ4n) is 3.77. The molecule has 0 fully saturated rings. The summed E-state index contributed by atoms with van der Waals surface area (Å²) in [6.07, 6.45) is -1.08. The fraction of sp³-hybridized carbons (Fsp3) is 0.174. The number of aromatic hydroxyl groups is 1. The highest BCUT2D eigenvalue weighted by Crippen LogP contribution is 2.36. The Balaban J connectivity index is 1.52. The molecule has 0 unspecified atom stereocenters. The third-order valence-electron chi connectivity index (χ3n) is 5.54. The van der Waals surface area contributed by atoms with Gasteiger partial charge >= 0.3 is 5.69 Å². The van der Waals surface area contributed by atoms with E-state index >= 15 is 0 Å². The molecule has 5 aromatic rings. The summed E-state index contributed by atoms with van der Waals surface area (Å²) in [5, 5.41) is 30.4. The molecule has 0 bridgehead atoms. The maximum atomic E-state index is 12.7. The number of para-hydroxylation sites is 1. The summed E-state index contributed by atoms with van der Waals surface area (Å²) in [6, 6.07) is 13.8. The molecule has 3 heterocycles. The Hall–Kier alpha value is -4.42. The van der Waals surface area contributed by atoms with Crippen LogP contribution in [0.5, 0.6) is 11.6 Å². The molecule has 0 saturated carbocycles. The normalized spacial score (nSPS) is 12.6. The van der Waals surface area contributed by atoms with Crippen molar-refractivity contribution >= 4 is 45.3 Å². The number of azo groups is 1. The van der Waals surface area contributed by atoms with Crippen LogP contribution < -0.4 is 16.0 Å². The lowest BCUT2D eigenvalue weighted by molar-refractivity contribution is 0.0937. The monoisotopic (exact) mass is 509 g/mol. The molecule has 0 radical (unpaired) electrons. The average Bonchev–Trinajstić information content (AvgIpc) is 3.38. The van der Waals surface area contributed by atoms with E-state index in [-0.39, 0.29) is 41.8 Å². The summed E-state index contributed by atoms with van der Waals surface area (Å²) in [6.45, 7) is -0.246. The molecule has 0 aliphatic carbocycles. The zero-order valence-electron chi connectivity index (χ0n) is 18.8. The third kappa shape index (κ3) is 4.34. The Morgan fingerprint density at radius 3 is 2.64 bits per heavy atom. The first-order chi connectivity index (χ1) is 17.3. The van der Waals surface area contributed by atoms with E-state index in [0.717, 1.165) is 4.57 Å². The largest absolute Gasteiger partial charge is 0.493 e. The van der Waals surface area contributed by atoms with Crippen molar-refractivity contribution in [2.24, 2.45) is 17.3 Å². The first-order valence-corrected chi connectivity index (χ1v) is 11.2. The standard InChI is InChI=1S/C23H20ClN7O5/c1-30-19-18(21(34)27-23(30)35)31(10-13(32)11-36-14-8-6-12(24)7-9-14)22(26-19)29-28-17-15-4-2-3-5-16(15)25-20(17)33/h2-9,13,25,32-33H,10-11H2,1H3,(H,27,34,35)/t13-/m0/s1. The fourth-order valence-corrected chi connectivity index (χ4v) is 3.89. The molecule has 0 amide bonds. The molecule has 12 nitrogen and oxygen atoms in total. The predicted octanol–water partition coefficient (Wildman–Crippen LogP) is 3.12. The van der Waals surface area contributed by atoms with Gasteiger partial charge in [-0.1, -0.05) is 29.8 Å². The van der Waals surface area contributed by atoms with Gasteiger partial charge in [0.25, 0.3) is 11.5 Å². The number of aromatic amines is 2. The number of H-pyrrole nitrogens is 2. The van der Waals surface area contributed by atoms with E-state index in [9.17, 15) is 19.8 Å². The Bertz CT molecular complexity index is 1720. The van der Waals surface area contributed by atoms with Crippen molar-refractivity contribution in [2.75, 3.05) is 6.61 Å². The van der Waals surface area contributed by atoms with Gasteiger partial charge in [-0.2, -0.15) is 4.98 Å². The molecule has 0 aliphatic heterocycles. The lowest BCUT2D eigenvalue weighted by Crippen LogP contribution is -2.30. The van der Waals surface area contributed by atoms with E-state index in [4.69, 9.17) is 16.3 Å². The maximum Gasteiger partial charge on any atom is 0.329 e. The zero-order valence-corrected chi connectivity index (χ0v) is 19.6. The number of nitrogens with zero attached hydrogens (tertiary/aromatic N) is 5. The van der Waals surface area contributed by atoms with Gasteiger partial charge in [-0.3, -0.25) is 18.9 Å². The summed E-state index contributed by atoms with van der Waals surface area (Å²) >= 11 is 5.88. The summed E-state index contributed by atoms with van der Waals surface area (Å²) in [7, 11) is 1.45. The van der Waals surface area contributed by atoms with Crippen molar-refractivity contribution in [1.82, 2.24) is 24.1 Å². The molecular weight excluding hydrogens is 490 g/mol. The molecule has 2 aromatic carbocycles. The minimum absolute atomic E-state index is 0.0275. The highest BCUT2D eigenvalue weighted by atomic mass is 35.5. The molecule has 184 valence electrons. The van der Waals surface area contributed by atoms with Gasteiger partial charge in [0, 0.05) is 17.5 Å². The quantitative estimate of drug-likeness (QED) is 0.246. The van der Waals surface area contributed by atoms with Gasteiger partial charge in [0.05, 0.1) is 12.1 Å². The number of aryl methyl sites for hydroxylation is 1. The molecule has 1 atom stereocenters. The van der Waals surface area contributed by atoms with E-state index in [0.29, 0.717) is 21.7 Å². The Labute approximate surface area is 207 Å². The van der Waals surface area contributed by atoms with Crippen molar-refractivity contribution < 1.29 is 14.9 Å². The molecular formula is C23H20ClN7O5. The van der Waals surface area contributed by atoms with Crippen LogP contribution in [0.4, 0.5) is 11.6 Å². The number of aliphatic hydroxyl groups excluding tert-OH is 1. The molecule has 13 heteroatoms. The van der Waals surface area contributed by atoms with Gasteiger partial charge in [0.1, 0.15) is 18.5 Å². The van der Waals surface area contributed by atoms with Gasteiger partial charge in [0.15, 0.2) is 16.9 Å². The third-order valence-corrected chi connectivity index (χ3v) is 5.79. The van der Waals surface area contributed by atoms with Crippen LogP contribution in [0.1, 0.15) is 0 Å². The SMILES string of the molecule is Cn1c(=O)[nH]c(=O)c2c1nc(N=Nc1c(O)[nH]c3ccccc13)n2C[C@H](O)COc1ccc(Cl)cc1. The molecule has 4 N–H and O–H groups in total. The van der Waals surface area contributed by atoms with Crippen LogP contribution in [0.2, 0.25) is 5.02 Å². The second-order valence-electron chi connectivity index (χ2n) is 8.00. The number of hydrogen-bond donors (Lipinski definition) is 4. The Morgan fingerprint density at radius 1 is 1.11 bits per heavy atom. The van der Waals surface area contributed by atoms with Crippen molar-refractivity contribution in [3.8, 4) is 11.6 Å². The average molecular weight is 510 g/mol. The number of halogens is 1. The minimum Gasteiger partial charge on any atom is -0.493 e. The van der Waals surface area contributed by atoms with E-state index < -0.39 is 17.4 Å². The van der Waals surface area contributed by atoms with Crippen molar-refractivity contribution in [3.63, 3.8) is 0 Å². The van der Waals surface area contributed by atoms with Gasteiger partial charge < -0.3 is 19.9 Å². The van der Waals surface area contributed by atoms with Gasteiger partial charge in [-0.05, 0) is 30.3 Å². The molecule has 3 aromatic heterocycles. The maximum absolute atomic E-state index is 12.7. The highest BCUT2D eigenvalue weighted by molar-refractivity contribution is 6.30. The number of fused-ring (bicyclic) bond motifs is 2. The van der Waals surface area contributed by atoms with Crippen molar-refractivity contribution in [1.29, 1.82) is 0 Å². The van der Waals surface area contributed by atoms with Crippen LogP contribution in [-0.4, -0.2) is 47.0 Å². The molecule has 36 heavy (non-hydrogen) atoms. The minimum atomic E-state index is -1.08. The van der Waals surface area contributed by atoms with Gasteiger partial charge in [-0.15, -0.1) is 10.2 Å². The van der Waals surface area contributed by atoms with Crippen LogP contribution in [0.25, 0.3) is 22.1 Å². The predicted molar refractivity (Wildman–Crippen MR) is 133 cm³/mol. The van der Waals surface area contributed by atoms with Crippen LogP contribution in [0.15, 0.2) is 68.3 Å². The van der Waals surface area contributed by atoms with Gasteiger partial charge in [0.2, 0.25) is 5.88 Å². The first-order valence-electron chi connectivity index (χ1n) is 10.8. The highest BCUT2D eigenvalue weighted by Gasteiger charge is 2.20. The smallest absolute Gasteiger partial charge is 0.329 e. The van der Waals surface area contributed by atoms with Crippen LogP contribution >= 0.6 is 11.6 Å². The number of hydrogen-bond acceptors (Lipinski definition) is 8. The van der Waals surface area contributed by atoms with E-state index in [1.807, 2.05) is 0 Å². The van der Waals surface area contributed by atoms with Crippen LogP contribution in [-0.2, 0) is 13.6 Å². The molecule has 5 rings (SSSR count). The first kappa shape index (κ1) is 23.3. The summed E-state index contributed by atoms with van der Waals surface area (Å²) < 4.78 is 8.11. The topological polar surface area (TPSA) is 163 Å². The molecule has 0 aliphatic rings. The number of rotatable bonds is 7. The van der Waals surface area contributed by atoms with Crippen molar-refractivity contribution in [2.45, 2.75) is 12.6 Å². The second-order valence-corrected chi connectivity index (χ2v) is 8.44. The number of aromatic nitrogens is 5.